The molecule has 2 N–H and O–H groups in total. The normalized spacial score (nSPS) is 24.4. The van der Waals surface area contributed by atoms with Crippen molar-refractivity contribution in [2.75, 3.05) is 5.73 Å². The zero-order valence-electron chi connectivity index (χ0n) is 12.2. The van der Waals surface area contributed by atoms with Crippen molar-refractivity contribution >= 4 is 5.82 Å². The van der Waals surface area contributed by atoms with Gasteiger partial charge in [0.25, 0.3) is 0 Å². The number of nitrogens with zero attached hydrogens (tertiary/aromatic N) is 2. The largest absolute Gasteiger partial charge is 0.391 e. The van der Waals surface area contributed by atoms with Crippen LogP contribution in [0.25, 0.3) is 0 Å². The summed E-state index contributed by atoms with van der Waals surface area (Å²) in [5.41, 5.74) is 7.70. The maximum Gasteiger partial charge on any atom is 0.391 e. The topological polar surface area (TPSA) is 43.8 Å². The average Bonchev–Trinajstić information content (AvgIpc) is 2.65. The number of hydrogen-bond donors (Lipinski definition) is 1. The smallest absolute Gasteiger partial charge is 0.384 e. The summed E-state index contributed by atoms with van der Waals surface area (Å²) in [6, 6.07) is 0. The Morgan fingerprint density at radius 2 is 1.95 bits per heavy atom. The lowest BCUT2D eigenvalue weighted by molar-refractivity contribution is -0.183. The van der Waals surface area contributed by atoms with Gasteiger partial charge in [0.2, 0.25) is 0 Å². The van der Waals surface area contributed by atoms with Gasteiger partial charge in [0.05, 0.1) is 11.6 Å². The molecule has 2 atom stereocenters. The molecule has 2 unspecified atom stereocenters. The van der Waals surface area contributed by atoms with Gasteiger partial charge in [-0.1, -0.05) is 20.3 Å². The van der Waals surface area contributed by atoms with Gasteiger partial charge in [0, 0.05) is 18.5 Å². The van der Waals surface area contributed by atoms with Gasteiger partial charge in [0.15, 0.2) is 0 Å². The lowest BCUT2D eigenvalue weighted by Crippen LogP contribution is -2.28. The summed E-state index contributed by atoms with van der Waals surface area (Å²) in [6.07, 6.45) is -2.36. The van der Waals surface area contributed by atoms with E-state index in [-0.39, 0.29) is 24.7 Å². The van der Waals surface area contributed by atoms with Crippen molar-refractivity contribution in [2.45, 2.75) is 57.5 Å². The Morgan fingerprint density at radius 1 is 1.30 bits per heavy atom. The number of rotatable bonds is 2. The highest BCUT2D eigenvalue weighted by Crippen LogP contribution is 2.45. The molecule has 1 saturated carbocycles. The highest BCUT2D eigenvalue weighted by Gasteiger charge is 2.43. The molecular weight excluding hydrogens is 267 g/mol. The van der Waals surface area contributed by atoms with Crippen molar-refractivity contribution in [2.24, 2.45) is 13.0 Å². The van der Waals surface area contributed by atoms with Crippen LogP contribution in [0.2, 0.25) is 0 Å². The lowest BCUT2D eigenvalue weighted by Gasteiger charge is -2.30. The third-order valence-corrected chi connectivity index (χ3v) is 4.26. The minimum Gasteiger partial charge on any atom is -0.384 e. The van der Waals surface area contributed by atoms with E-state index in [9.17, 15) is 13.2 Å². The Bertz CT molecular complexity index is 477. The maximum atomic E-state index is 12.9. The van der Waals surface area contributed by atoms with E-state index in [0.29, 0.717) is 12.2 Å². The molecule has 1 aliphatic rings. The fourth-order valence-electron chi connectivity index (χ4n) is 3.20. The molecule has 0 amide bonds. The third kappa shape index (κ3) is 2.79. The molecule has 3 nitrogen and oxygen atoms in total. The molecule has 1 aliphatic carbocycles. The summed E-state index contributed by atoms with van der Waals surface area (Å²) in [6.45, 7) is 4.00. The first-order chi connectivity index (χ1) is 9.21. The molecule has 1 aromatic rings. The van der Waals surface area contributed by atoms with Crippen LogP contribution in [0.4, 0.5) is 19.0 Å². The average molecular weight is 289 g/mol. The van der Waals surface area contributed by atoms with Crippen molar-refractivity contribution in [1.82, 2.24) is 9.78 Å². The van der Waals surface area contributed by atoms with Gasteiger partial charge in [-0.05, 0) is 25.2 Å². The van der Waals surface area contributed by atoms with Gasteiger partial charge in [-0.15, -0.1) is 0 Å². The van der Waals surface area contributed by atoms with Crippen LogP contribution >= 0.6 is 0 Å². The van der Waals surface area contributed by atoms with Crippen molar-refractivity contribution in [1.29, 1.82) is 0 Å². The standard InChI is InChI=1S/C14H22F3N3/c1-8(2)11-12(19-20(3)13(11)18)9-5-4-6-10(7-9)14(15,16)17/h8-10H,4-7,18H2,1-3H3. The zero-order chi connectivity index (χ0) is 15.1. The molecule has 2 rings (SSSR count). The molecule has 0 bridgehead atoms. The summed E-state index contributed by atoms with van der Waals surface area (Å²) >= 11 is 0. The van der Waals surface area contributed by atoms with Crippen LogP contribution in [-0.2, 0) is 7.05 Å². The van der Waals surface area contributed by atoms with E-state index >= 15 is 0 Å². The van der Waals surface area contributed by atoms with E-state index in [1.54, 1.807) is 11.7 Å². The van der Waals surface area contributed by atoms with Crippen molar-refractivity contribution in [3.05, 3.63) is 11.3 Å². The van der Waals surface area contributed by atoms with E-state index in [1.165, 1.54) is 0 Å². The second-order valence-corrected chi connectivity index (χ2v) is 6.06. The minimum absolute atomic E-state index is 0.128. The number of halogens is 3. The number of nitrogen functional groups attached to an aromatic ring is 1. The summed E-state index contributed by atoms with van der Waals surface area (Å²) in [7, 11) is 1.74. The molecule has 0 aliphatic heterocycles. The molecule has 20 heavy (non-hydrogen) atoms. The first-order valence-electron chi connectivity index (χ1n) is 7.10. The van der Waals surface area contributed by atoms with Gasteiger partial charge in [-0.2, -0.15) is 18.3 Å². The number of aryl methyl sites for hydroxylation is 1. The SMILES string of the molecule is CC(C)c1c(C2CCCC(C(F)(F)F)C2)nn(C)c1N. The molecule has 0 radical (unpaired) electrons. The first-order valence-corrected chi connectivity index (χ1v) is 7.10. The Labute approximate surface area is 117 Å². The van der Waals surface area contributed by atoms with E-state index in [1.807, 2.05) is 13.8 Å². The molecule has 1 fully saturated rings. The number of hydrogen-bond acceptors (Lipinski definition) is 2. The Morgan fingerprint density at radius 3 is 2.50 bits per heavy atom. The van der Waals surface area contributed by atoms with Gasteiger partial charge < -0.3 is 5.73 Å². The Kier molecular flexibility index (Phi) is 4.02. The zero-order valence-corrected chi connectivity index (χ0v) is 12.2. The summed E-state index contributed by atoms with van der Waals surface area (Å²) in [5.74, 6) is -0.588. The Balaban J connectivity index is 2.30. The predicted molar refractivity (Wildman–Crippen MR) is 72.5 cm³/mol. The van der Waals surface area contributed by atoms with Gasteiger partial charge in [-0.3, -0.25) is 4.68 Å². The molecule has 114 valence electrons. The number of aromatic nitrogens is 2. The monoisotopic (exact) mass is 289 g/mol. The highest BCUT2D eigenvalue weighted by atomic mass is 19.4. The van der Waals surface area contributed by atoms with Crippen LogP contribution in [0.3, 0.4) is 0 Å². The number of anilines is 1. The summed E-state index contributed by atoms with van der Waals surface area (Å²) in [5, 5.41) is 4.40. The fraction of sp³-hybridized carbons (Fsp3) is 0.786. The molecule has 0 aromatic carbocycles. The highest BCUT2D eigenvalue weighted by molar-refractivity contribution is 5.46. The minimum atomic E-state index is -4.10. The fourth-order valence-corrected chi connectivity index (χ4v) is 3.20. The van der Waals surface area contributed by atoms with E-state index < -0.39 is 12.1 Å². The second-order valence-electron chi connectivity index (χ2n) is 6.06. The molecule has 0 spiro atoms. The molecule has 1 aromatic heterocycles. The number of nitrogens with two attached hydrogens (primary N) is 1. The van der Waals surface area contributed by atoms with Gasteiger partial charge >= 0.3 is 6.18 Å². The summed E-state index contributed by atoms with van der Waals surface area (Å²) < 4.78 is 40.4. The van der Waals surface area contributed by atoms with E-state index in [2.05, 4.69) is 5.10 Å². The van der Waals surface area contributed by atoms with Crippen molar-refractivity contribution < 1.29 is 13.2 Å². The van der Waals surface area contributed by atoms with Crippen molar-refractivity contribution in [3.63, 3.8) is 0 Å². The summed E-state index contributed by atoms with van der Waals surface area (Å²) in [4.78, 5) is 0. The molecular formula is C14H22F3N3. The Hall–Kier alpha value is -1.20. The van der Waals surface area contributed by atoms with Crippen LogP contribution in [0.1, 0.15) is 62.6 Å². The van der Waals surface area contributed by atoms with Gasteiger partial charge in [0.1, 0.15) is 5.82 Å². The van der Waals surface area contributed by atoms with Crippen LogP contribution in [-0.4, -0.2) is 16.0 Å². The molecule has 1 heterocycles. The van der Waals surface area contributed by atoms with Crippen LogP contribution in [0.5, 0.6) is 0 Å². The maximum absolute atomic E-state index is 12.9. The molecule has 0 saturated heterocycles. The van der Waals surface area contributed by atoms with Crippen LogP contribution < -0.4 is 5.73 Å². The van der Waals surface area contributed by atoms with Crippen LogP contribution in [0.15, 0.2) is 0 Å². The quantitative estimate of drug-likeness (QED) is 0.895. The second kappa shape index (κ2) is 5.30. The number of alkyl halides is 3. The van der Waals surface area contributed by atoms with E-state index in [4.69, 9.17) is 5.73 Å². The molecule has 6 heteroatoms. The third-order valence-electron chi connectivity index (χ3n) is 4.26. The van der Waals surface area contributed by atoms with Gasteiger partial charge in [-0.25, -0.2) is 0 Å². The van der Waals surface area contributed by atoms with Crippen molar-refractivity contribution in [3.8, 4) is 0 Å². The van der Waals surface area contributed by atoms with E-state index in [0.717, 1.165) is 17.7 Å². The predicted octanol–water partition coefficient (Wildman–Crippen LogP) is 3.96. The lowest BCUT2D eigenvalue weighted by atomic mass is 9.78. The first kappa shape index (κ1) is 15.2. The van der Waals surface area contributed by atoms with Crippen LogP contribution in [0, 0.1) is 5.92 Å².